The average molecular weight is 250 g/mol. The number of carbonyl (C=O) groups is 2. The smallest absolute Gasteiger partial charge is 0.310 e. The van der Waals surface area contributed by atoms with Crippen molar-refractivity contribution in [3.8, 4) is 0 Å². The van der Waals surface area contributed by atoms with Crippen molar-refractivity contribution >= 4 is 11.9 Å². The van der Waals surface area contributed by atoms with E-state index in [4.69, 9.17) is 4.74 Å². The van der Waals surface area contributed by atoms with Crippen LogP contribution in [0.1, 0.15) is 6.42 Å². The van der Waals surface area contributed by atoms with Gasteiger partial charge in [0.25, 0.3) is 0 Å². The lowest BCUT2D eigenvalue weighted by molar-refractivity contribution is -0.155. The van der Waals surface area contributed by atoms with Crippen LogP contribution in [0.25, 0.3) is 0 Å². The fourth-order valence-corrected chi connectivity index (χ4v) is 4.83. The van der Waals surface area contributed by atoms with E-state index >= 15 is 0 Å². The SMILES string of the molecule is O=C(O)C1C2OC(C1C(=O)O)C1C3C=CC(C3)C21. The molecule has 5 nitrogen and oxygen atoms in total. The Kier molecular flexibility index (Phi) is 1.84. The molecule has 5 heteroatoms. The van der Waals surface area contributed by atoms with Crippen molar-refractivity contribution < 1.29 is 24.5 Å². The monoisotopic (exact) mass is 250 g/mol. The predicted octanol–water partition coefficient (Wildman–Crippen LogP) is 0.607. The summed E-state index contributed by atoms with van der Waals surface area (Å²) >= 11 is 0. The number of fused-ring (bicyclic) bond motifs is 9. The van der Waals surface area contributed by atoms with Crippen LogP contribution in [-0.4, -0.2) is 34.4 Å². The molecule has 1 saturated carbocycles. The second-order valence-corrected chi connectivity index (χ2v) is 5.90. The number of carboxylic acid groups (broad SMARTS) is 2. The third-order valence-corrected chi connectivity index (χ3v) is 5.32. The molecule has 2 saturated heterocycles. The van der Waals surface area contributed by atoms with Gasteiger partial charge in [-0.3, -0.25) is 9.59 Å². The Bertz CT molecular complexity index is 430. The molecule has 0 aromatic carbocycles. The molecule has 8 unspecified atom stereocenters. The summed E-state index contributed by atoms with van der Waals surface area (Å²) in [6.45, 7) is 0. The largest absolute Gasteiger partial charge is 0.481 e. The summed E-state index contributed by atoms with van der Waals surface area (Å²) in [6, 6.07) is 0. The first-order valence-electron chi connectivity index (χ1n) is 6.39. The quantitative estimate of drug-likeness (QED) is 0.701. The van der Waals surface area contributed by atoms with Crippen molar-refractivity contribution in [1.82, 2.24) is 0 Å². The molecule has 0 aromatic rings. The van der Waals surface area contributed by atoms with E-state index in [1.165, 1.54) is 0 Å². The van der Waals surface area contributed by atoms with Gasteiger partial charge in [-0.05, 0) is 30.1 Å². The van der Waals surface area contributed by atoms with Crippen molar-refractivity contribution in [3.05, 3.63) is 12.2 Å². The summed E-state index contributed by atoms with van der Waals surface area (Å²) in [4.78, 5) is 22.7. The van der Waals surface area contributed by atoms with E-state index < -0.39 is 36.0 Å². The zero-order chi connectivity index (χ0) is 12.6. The van der Waals surface area contributed by atoms with Crippen LogP contribution in [0, 0.1) is 35.5 Å². The molecular formula is C13H14O5. The zero-order valence-corrected chi connectivity index (χ0v) is 9.60. The minimum absolute atomic E-state index is 0.224. The standard InChI is InChI=1S/C13H14O5/c14-12(15)8-9(13(16)17)11-7-5-2-1-4(3-5)6(7)10(8)18-11/h1-2,4-11H,3H2,(H,14,15)(H,16,17). The van der Waals surface area contributed by atoms with Gasteiger partial charge in [-0.25, -0.2) is 0 Å². The van der Waals surface area contributed by atoms with Crippen LogP contribution in [-0.2, 0) is 14.3 Å². The van der Waals surface area contributed by atoms with E-state index in [1.807, 2.05) is 0 Å². The van der Waals surface area contributed by atoms with Crippen LogP contribution < -0.4 is 0 Å². The second-order valence-electron chi connectivity index (χ2n) is 5.90. The van der Waals surface area contributed by atoms with E-state index in [2.05, 4.69) is 12.2 Å². The van der Waals surface area contributed by atoms with Crippen molar-refractivity contribution in [2.45, 2.75) is 18.6 Å². The number of hydrogen-bond donors (Lipinski definition) is 2. The maximum absolute atomic E-state index is 11.3. The Morgan fingerprint density at radius 1 is 0.944 bits per heavy atom. The van der Waals surface area contributed by atoms with Gasteiger partial charge in [0.05, 0.1) is 24.0 Å². The lowest BCUT2D eigenvalue weighted by Crippen LogP contribution is -2.47. The topological polar surface area (TPSA) is 83.8 Å². The molecule has 2 N–H and O–H groups in total. The number of aliphatic carboxylic acids is 2. The molecule has 8 atom stereocenters. The molecule has 3 fully saturated rings. The molecule has 18 heavy (non-hydrogen) atoms. The summed E-state index contributed by atoms with van der Waals surface area (Å²) in [5, 5.41) is 18.6. The Morgan fingerprint density at radius 2 is 1.39 bits per heavy atom. The molecule has 4 bridgehead atoms. The average Bonchev–Trinajstić information content (AvgIpc) is 3.04. The van der Waals surface area contributed by atoms with Crippen molar-refractivity contribution in [3.63, 3.8) is 0 Å². The zero-order valence-electron chi connectivity index (χ0n) is 9.60. The van der Waals surface area contributed by atoms with Gasteiger partial charge in [0, 0.05) is 0 Å². The number of hydrogen-bond acceptors (Lipinski definition) is 3. The molecular weight excluding hydrogens is 236 g/mol. The molecule has 4 aliphatic rings. The highest BCUT2D eigenvalue weighted by Gasteiger charge is 2.69. The summed E-state index contributed by atoms with van der Waals surface area (Å²) in [7, 11) is 0. The first-order chi connectivity index (χ1) is 8.59. The minimum Gasteiger partial charge on any atom is -0.481 e. The van der Waals surface area contributed by atoms with Crippen molar-refractivity contribution in [2.75, 3.05) is 0 Å². The first kappa shape index (κ1) is 10.6. The van der Waals surface area contributed by atoms with Crippen LogP contribution in [0.3, 0.4) is 0 Å². The highest BCUT2D eigenvalue weighted by Crippen LogP contribution is 2.63. The Labute approximate surface area is 103 Å². The fraction of sp³-hybridized carbons (Fsp3) is 0.692. The van der Waals surface area contributed by atoms with E-state index in [0.717, 1.165) is 6.42 Å². The number of ether oxygens (including phenoxy) is 1. The minimum atomic E-state index is -1.03. The highest BCUT2D eigenvalue weighted by molar-refractivity contribution is 5.82. The fourth-order valence-electron chi connectivity index (χ4n) is 4.83. The van der Waals surface area contributed by atoms with E-state index in [0.29, 0.717) is 11.8 Å². The normalized spacial score (nSPS) is 54.9. The van der Waals surface area contributed by atoms with Gasteiger partial charge < -0.3 is 14.9 Å². The van der Waals surface area contributed by atoms with Gasteiger partial charge in [0.2, 0.25) is 0 Å². The van der Waals surface area contributed by atoms with Crippen LogP contribution in [0.4, 0.5) is 0 Å². The Balaban J connectivity index is 1.76. The van der Waals surface area contributed by atoms with Gasteiger partial charge in [0.15, 0.2) is 0 Å². The van der Waals surface area contributed by atoms with E-state index in [1.54, 1.807) is 0 Å². The van der Waals surface area contributed by atoms with Crippen LogP contribution in [0.5, 0.6) is 0 Å². The number of rotatable bonds is 2. The lowest BCUT2D eigenvalue weighted by Gasteiger charge is -2.35. The molecule has 2 heterocycles. The molecule has 2 aliphatic heterocycles. The van der Waals surface area contributed by atoms with E-state index in [9.17, 15) is 19.8 Å². The van der Waals surface area contributed by atoms with Gasteiger partial charge in [-0.15, -0.1) is 0 Å². The maximum Gasteiger partial charge on any atom is 0.310 e. The molecule has 2 aliphatic carbocycles. The van der Waals surface area contributed by atoms with Crippen LogP contribution >= 0.6 is 0 Å². The third-order valence-electron chi connectivity index (χ3n) is 5.32. The Morgan fingerprint density at radius 3 is 1.78 bits per heavy atom. The van der Waals surface area contributed by atoms with Crippen LogP contribution in [0.15, 0.2) is 12.2 Å². The first-order valence-corrected chi connectivity index (χ1v) is 6.39. The van der Waals surface area contributed by atoms with Gasteiger partial charge in [-0.2, -0.15) is 0 Å². The Hall–Kier alpha value is -1.36. The van der Waals surface area contributed by atoms with Crippen LogP contribution in [0.2, 0.25) is 0 Å². The van der Waals surface area contributed by atoms with E-state index in [-0.39, 0.29) is 11.8 Å². The molecule has 0 radical (unpaired) electrons. The summed E-state index contributed by atoms with van der Waals surface area (Å²) in [5.41, 5.74) is 0. The lowest BCUT2D eigenvalue weighted by atomic mass is 9.65. The van der Waals surface area contributed by atoms with Gasteiger partial charge in [-0.1, -0.05) is 12.2 Å². The third kappa shape index (κ3) is 1.02. The molecule has 0 amide bonds. The summed E-state index contributed by atoms with van der Waals surface area (Å²) in [5.74, 6) is -2.57. The summed E-state index contributed by atoms with van der Waals surface area (Å²) < 4.78 is 5.77. The highest BCUT2D eigenvalue weighted by atomic mass is 16.5. The van der Waals surface area contributed by atoms with Gasteiger partial charge in [0.1, 0.15) is 0 Å². The number of allylic oxidation sites excluding steroid dienone is 2. The second kappa shape index (κ2) is 3.15. The molecule has 4 rings (SSSR count). The van der Waals surface area contributed by atoms with Crippen molar-refractivity contribution in [2.24, 2.45) is 35.5 Å². The predicted molar refractivity (Wildman–Crippen MR) is 58.6 cm³/mol. The van der Waals surface area contributed by atoms with Gasteiger partial charge >= 0.3 is 11.9 Å². The summed E-state index contributed by atoms with van der Waals surface area (Å²) in [6.07, 6.45) is 4.55. The van der Waals surface area contributed by atoms with Crippen molar-refractivity contribution in [1.29, 1.82) is 0 Å². The molecule has 0 aromatic heterocycles. The molecule has 0 spiro atoms. The number of carboxylic acids is 2. The molecule has 96 valence electrons. The maximum atomic E-state index is 11.3.